The Balaban J connectivity index is 1.59. The Morgan fingerprint density at radius 2 is 2.00 bits per heavy atom. The molecule has 0 bridgehead atoms. The quantitative estimate of drug-likeness (QED) is 0.552. The first-order valence-electron chi connectivity index (χ1n) is 9.26. The summed E-state index contributed by atoms with van der Waals surface area (Å²) < 4.78 is 11.1. The smallest absolute Gasteiger partial charge is 0.311 e. The van der Waals surface area contributed by atoms with Crippen LogP contribution in [-0.2, 0) is 19.1 Å². The number of amides is 2. The summed E-state index contributed by atoms with van der Waals surface area (Å²) in [6, 6.07) is 8.30. The summed E-state index contributed by atoms with van der Waals surface area (Å²) in [7, 11) is 1.48. The molecule has 7 nitrogen and oxygen atoms in total. The van der Waals surface area contributed by atoms with Gasteiger partial charge in [0.2, 0.25) is 5.91 Å². The van der Waals surface area contributed by atoms with Crippen molar-refractivity contribution in [3.05, 3.63) is 50.4 Å². The number of rotatable bonds is 6. The Labute approximate surface area is 197 Å². The first kappa shape index (κ1) is 23.4. The summed E-state index contributed by atoms with van der Waals surface area (Å²) in [6.45, 7) is 1.39. The molecule has 1 aliphatic heterocycles. The maximum absolute atomic E-state index is 12.5. The number of carbonyl (C=O) groups excluding carboxylic acids is 3. The van der Waals surface area contributed by atoms with Crippen molar-refractivity contribution in [3.63, 3.8) is 0 Å². The van der Waals surface area contributed by atoms with Crippen LogP contribution in [0, 0.1) is 12.8 Å². The van der Waals surface area contributed by atoms with Gasteiger partial charge >= 0.3 is 5.97 Å². The molecule has 1 N–H and O–H groups in total. The van der Waals surface area contributed by atoms with Gasteiger partial charge in [-0.1, -0.05) is 23.2 Å². The van der Waals surface area contributed by atoms with Crippen molar-refractivity contribution < 1.29 is 23.9 Å². The Hall–Kier alpha value is -2.29. The number of nitrogens with one attached hydrogen (secondary N) is 1. The van der Waals surface area contributed by atoms with Gasteiger partial charge in [0, 0.05) is 28.1 Å². The molecule has 3 rings (SSSR count). The Morgan fingerprint density at radius 1 is 1.26 bits per heavy atom. The second-order valence-electron chi connectivity index (χ2n) is 6.91. The summed E-state index contributed by atoms with van der Waals surface area (Å²) in [5, 5.41) is 3.58. The van der Waals surface area contributed by atoms with Crippen LogP contribution in [0.3, 0.4) is 0 Å². The van der Waals surface area contributed by atoms with E-state index in [2.05, 4.69) is 21.2 Å². The highest BCUT2D eigenvalue weighted by molar-refractivity contribution is 9.10. The van der Waals surface area contributed by atoms with Crippen LogP contribution in [0.25, 0.3) is 0 Å². The van der Waals surface area contributed by atoms with Gasteiger partial charge in [0.05, 0.1) is 23.7 Å². The van der Waals surface area contributed by atoms with Gasteiger partial charge in [-0.05, 0) is 58.7 Å². The average Bonchev–Trinajstić information content (AvgIpc) is 3.14. The third-order valence-electron chi connectivity index (χ3n) is 4.85. The fourth-order valence-corrected chi connectivity index (χ4v) is 3.96. The highest BCUT2D eigenvalue weighted by Crippen LogP contribution is 2.35. The van der Waals surface area contributed by atoms with Crippen molar-refractivity contribution in [1.29, 1.82) is 0 Å². The molecule has 0 saturated carbocycles. The molecule has 0 unspecified atom stereocenters. The van der Waals surface area contributed by atoms with E-state index in [1.54, 1.807) is 37.3 Å². The van der Waals surface area contributed by atoms with E-state index < -0.39 is 24.4 Å². The van der Waals surface area contributed by atoms with Gasteiger partial charge in [0.15, 0.2) is 6.61 Å². The fraction of sp³-hybridized carbons (Fsp3) is 0.286. The molecule has 164 valence electrons. The summed E-state index contributed by atoms with van der Waals surface area (Å²) >= 11 is 15.5. The number of halogens is 3. The molecule has 2 aromatic rings. The van der Waals surface area contributed by atoms with Crippen LogP contribution in [0.2, 0.25) is 10.0 Å². The van der Waals surface area contributed by atoms with Crippen molar-refractivity contribution in [2.45, 2.75) is 13.3 Å². The summed E-state index contributed by atoms with van der Waals surface area (Å²) in [5.74, 6) is -1.63. The largest absolute Gasteiger partial charge is 0.495 e. The number of ether oxygens (including phenoxy) is 2. The molecular weight excluding hydrogens is 511 g/mol. The Morgan fingerprint density at radius 3 is 2.71 bits per heavy atom. The molecule has 0 radical (unpaired) electrons. The van der Waals surface area contributed by atoms with Crippen LogP contribution in [0.1, 0.15) is 12.0 Å². The van der Waals surface area contributed by atoms with E-state index in [0.717, 1.165) is 0 Å². The number of benzene rings is 2. The SMILES string of the molecule is COc1ccc(Cl)cc1N1C[C@H](C(=O)OCC(=O)Nc2ccc(Br)c(Cl)c2C)CC1=O. The number of hydrogen-bond acceptors (Lipinski definition) is 5. The van der Waals surface area contributed by atoms with Gasteiger partial charge in [-0.25, -0.2) is 0 Å². The molecule has 1 atom stereocenters. The molecule has 1 saturated heterocycles. The topological polar surface area (TPSA) is 84.9 Å². The highest BCUT2D eigenvalue weighted by Gasteiger charge is 2.37. The lowest BCUT2D eigenvalue weighted by atomic mass is 10.1. The Kier molecular flexibility index (Phi) is 7.46. The van der Waals surface area contributed by atoms with Crippen LogP contribution >= 0.6 is 39.1 Å². The van der Waals surface area contributed by atoms with Crippen molar-refractivity contribution in [2.75, 3.05) is 30.5 Å². The summed E-state index contributed by atoms with van der Waals surface area (Å²) in [6.07, 6.45) is -0.0302. The van der Waals surface area contributed by atoms with Crippen molar-refractivity contribution in [1.82, 2.24) is 0 Å². The standard InChI is InChI=1S/C21H19BrCl2N2O5/c1-11-15(5-4-14(22)20(11)24)25-18(27)10-31-21(29)12-7-19(28)26(9-12)16-8-13(23)3-6-17(16)30-2/h3-6,8,12H,7,9-10H2,1-2H3,(H,25,27)/t12-/m1/s1. The molecule has 0 spiro atoms. The lowest BCUT2D eigenvalue weighted by Gasteiger charge is -2.19. The minimum absolute atomic E-state index is 0.0302. The van der Waals surface area contributed by atoms with Crippen molar-refractivity contribution >= 4 is 68.3 Å². The van der Waals surface area contributed by atoms with Gasteiger partial charge < -0.3 is 19.7 Å². The van der Waals surface area contributed by atoms with Gasteiger partial charge in [-0.3, -0.25) is 14.4 Å². The molecular formula is C21H19BrCl2N2O5. The molecule has 2 amide bonds. The lowest BCUT2D eigenvalue weighted by molar-refractivity contribution is -0.151. The van der Waals surface area contributed by atoms with Gasteiger partial charge in [-0.15, -0.1) is 0 Å². The predicted molar refractivity (Wildman–Crippen MR) is 122 cm³/mol. The maximum atomic E-state index is 12.5. The number of methoxy groups -OCH3 is 1. The van der Waals surface area contributed by atoms with Crippen molar-refractivity contribution in [2.24, 2.45) is 5.92 Å². The van der Waals surface area contributed by atoms with E-state index >= 15 is 0 Å². The van der Waals surface area contributed by atoms with Gasteiger partial charge in [0.1, 0.15) is 5.75 Å². The minimum atomic E-state index is -0.701. The van der Waals surface area contributed by atoms with Gasteiger partial charge in [0.25, 0.3) is 5.91 Å². The van der Waals surface area contributed by atoms with Crippen LogP contribution in [0.4, 0.5) is 11.4 Å². The number of carbonyl (C=O) groups is 3. The average molecular weight is 530 g/mol. The van der Waals surface area contributed by atoms with Gasteiger partial charge in [-0.2, -0.15) is 0 Å². The molecule has 0 aromatic heterocycles. The zero-order valence-electron chi connectivity index (χ0n) is 16.7. The number of nitrogens with zero attached hydrogens (tertiary/aromatic N) is 1. The van der Waals surface area contributed by atoms with Crippen LogP contribution in [0.5, 0.6) is 5.75 Å². The number of anilines is 2. The molecule has 31 heavy (non-hydrogen) atoms. The zero-order valence-corrected chi connectivity index (χ0v) is 19.8. The van der Waals surface area contributed by atoms with E-state index in [9.17, 15) is 14.4 Å². The van der Waals surface area contributed by atoms with E-state index in [1.165, 1.54) is 12.0 Å². The predicted octanol–water partition coefficient (Wildman–Crippen LogP) is 4.61. The normalized spacial score (nSPS) is 15.7. The van der Waals surface area contributed by atoms with Crippen LogP contribution < -0.4 is 15.0 Å². The fourth-order valence-electron chi connectivity index (χ4n) is 3.20. The third kappa shape index (κ3) is 5.31. The lowest BCUT2D eigenvalue weighted by Crippen LogP contribution is -2.28. The Bertz CT molecular complexity index is 1050. The molecule has 10 heteroatoms. The molecule has 0 aliphatic carbocycles. The highest BCUT2D eigenvalue weighted by atomic mass is 79.9. The molecule has 1 aliphatic rings. The maximum Gasteiger partial charge on any atom is 0.311 e. The summed E-state index contributed by atoms with van der Waals surface area (Å²) in [5.41, 5.74) is 1.68. The van der Waals surface area contributed by atoms with E-state index in [1.807, 2.05) is 0 Å². The first-order valence-corrected chi connectivity index (χ1v) is 10.8. The minimum Gasteiger partial charge on any atom is -0.495 e. The zero-order chi connectivity index (χ0) is 22.7. The molecule has 1 heterocycles. The molecule has 1 fully saturated rings. The molecule has 2 aromatic carbocycles. The summed E-state index contributed by atoms with van der Waals surface area (Å²) in [4.78, 5) is 38.5. The number of esters is 1. The van der Waals surface area contributed by atoms with Crippen LogP contribution in [0.15, 0.2) is 34.8 Å². The van der Waals surface area contributed by atoms with Crippen molar-refractivity contribution in [3.8, 4) is 5.75 Å². The second-order valence-corrected chi connectivity index (χ2v) is 8.58. The van der Waals surface area contributed by atoms with E-state index in [4.69, 9.17) is 32.7 Å². The second kappa shape index (κ2) is 9.89. The monoisotopic (exact) mass is 528 g/mol. The van der Waals surface area contributed by atoms with E-state index in [-0.39, 0.29) is 18.9 Å². The van der Waals surface area contributed by atoms with Crippen LogP contribution in [-0.4, -0.2) is 38.0 Å². The number of hydrogen-bond donors (Lipinski definition) is 1. The van der Waals surface area contributed by atoms with E-state index in [0.29, 0.717) is 37.2 Å². The third-order valence-corrected chi connectivity index (χ3v) is 6.46. The first-order chi connectivity index (χ1) is 14.7.